The second-order valence-corrected chi connectivity index (χ2v) is 9.85. The number of nitrogens with one attached hydrogen (secondary N) is 1. The van der Waals surface area contributed by atoms with E-state index < -0.39 is 6.36 Å². The van der Waals surface area contributed by atoms with Crippen LogP contribution in [0.25, 0.3) is 0 Å². The van der Waals surface area contributed by atoms with E-state index in [2.05, 4.69) is 16.1 Å². The summed E-state index contributed by atoms with van der Waals surface area (Å²) < 4.78 is 48.6. The number of rotatable bonds is 10. The molecule has 2 aliphatic rings. The van der Waals surface area contributed by atoms with Gasteiger partial charge in [-0.15, -0.1) is 13.2 Å². The van der Waals surface area contributed by atoms with Gasteiger partial charge in [0.1, 0.15) is 5.76 Å². The number of ether oxygens (including phenoxy) is 2. The van der Waals surface area contributed by atoms with Gasteiger partial charge in [-0.3, -0.25) is 14.3 Å². The number of hydrogen-bond donors (Lipinski definition) is 1. The molecule has 1 aromatic heterocycles. The fourth-order valence-electron chi connectivity index (χ4n) is 5.06. The van der Waals surface area contributed by atoms with E-state index in [1.807, 2.05) is 16.8 Å². The molecule has 0 aliphatic heterocycles. The van der Waals surface area contributed by atoms with Gasteiger partial charge >= 0.3 is 12.3 Å². The minimum atomic E-state index is -4.71. The van der Waals surface area contributed by atoms with Crippen LogP contribution in [0, 0.1) is 0 Å². The summed E-state index contributed by atoms with van der Waals surface area (Å²) in [4.78, 5) is 23.9. The predicted molar refractivity (Wildman–Crippen MR) is 139 cm³/mol. The number of alkyl halides is 3. The molecular weight excluding hydrogens is 511 g/mol. The number of nitrogens with zero attached hydrogens (tertiary/aromatic N) is 2. The second kappa shape index (κ2) is 13.0. The molecule has 39 heavy (non-hydrogen) atoms. The van der Waals surface area contributed by atoms with Crippen LogP contribution in [0.1, 0.15) is 91.0 Å². The maximum absolute atomic E-state index is 12.6. The summed E-state index contributed by atoms with van der Waals surface area (Å²) in [7, 11) is 0. The van der Waals surface area contributed by atoms with Crippen molar-refractivity contribution in [3.63, 3.8) is 0 Å². The van der Waals surface area contributed by atoms with Gasteiger partial charge in [-0.1, -0.05) is 37.5 Å². The van der Waals surface area contributed by atoms with Crippen molar-refractivity contribution in [1.82, 2.24) is 15.1 Å². The largest absolute Gasteiger partial charge is 0.573 e. The molecule has 1 fully saturated rings. The zero-order chi connectivity index (χ0) is 27.8. The van der Waals surface area contributed by atoms with Crippen molar-refractivity contribution < 1.29 is 32.2 Å². The third kappa shape index (κ3) is 8.21. The minimum Gasteiger partial charge on any atom is -0.466 e. The number of halogens is 3. The molecule has 2 aliphatic carbocycles. The van der Waals surface area contributed by atoms with E-state index in [9.17, 15) is 22.8 Å². The summed E-state index contributed by atoms with van der Waals surface area (Å²) in [5.74, 6) is -0.557. The zero-order valence-electron chi connectivity index (χ0n) is 22.0. The maximum Gasteiger partial charge on any atom is 0.573 e. The Bertz CT molecular complexity index is 1200. The fraction of sp³-hybridized carbons (Fsp3) is 0.483. The average Bonchev–Trinajstić information content (AvgIpc) is 3.33. The molecule has 0 radical (unpaired) electrons. The Hall–Kier alpha value is -3.56. The first-order chi connectivity index (χ1) is 18.7. The number of hydrogen-bond acceptors (Lipinski definition) is 5. The van der Waals surface area contributed by atoms with Gasteiger partial charge < -0.3 is 14.8 Å². The van der Waals surface area contributed by atoms with Gasteiger partial charge in [0.25, 0.3) is 5.91 Å². The van der Waals surface area contributed by atoms with Crippen LogP contribution in [0.15, 0.2) is 54.3 Å². The summed E-state index contributed by atoms with van der Waals surface area (Å²) in [6, 6.07) is 9.36. The molecule has 1 saturated carbocycles. The molecule has 1 unspecified atom stereocenters. The van der Waals surface area contributed by atoms with Crippen molar-refractivity contribution in [2.75, 3.05) is 13.2 Å². The smallest absolute Gasteiger partial charge is 0.466 e. The highest BCUT2D eigenvalue weighted by Gasteiger charge is 2.32. The highest BCUT2D eigenvalue weighted by Crippen LogP contribution is 2.36. The van der Waals surface area contributed by atoms with E-state index in [0.717, 1.165) is 42.6 Å². The monoisotopic (exact) mass is 545 g/mol. The van der Waals surface area contributed by atoms with Crippen molar-refractivity contribution in [2.45, 2.75) is 76.6 Å². The van der Waals surface area contributed by atoms with Crippen LogP contribution in [0.4, 0.5) is 13.2 Å². The highest BCUT2D eigenvalue weighted by atomic mass is 19.4. The zero-order valence-corrected chi connectivity index (χ0v) is 22.0. The molecule has 1 atom stereocenters. The van der Waals surface area contributed by atoms with Gasteiger partial charge in [0.2, 0.25) is 0 Å². The van der Waals surface area contributed by atoms with Crippen molar-refractivity contribution in [1.29, 1.82) is 0 Å². The summed E-state index contributed by atoms with van der Waals surface area (Å²) in [5, 5.41) is 7.61. The van der Waals surface area contributed by atoms with Crippen LogP contribution in [0.3, 0.4) is 0 Å². The quantitative estimate of drug-likeness (QED) is 0.364. The summed E-state index contributed by atoms with van der Waals surface area (Å²) in [6.07, 6.45) is 6.02. The van der Waals surface area contributed by atoms with Crippen LogP contribution in [-0.4, -0.2) is 41.2 Å². The van der Waals surface area contributed by atoms with E-state index >= 15 is 0 Å². The molecular formula is C29H34F3N3O4. The van der Waals surface area contributed by atoms with Crippen LogP contribution < -0.4 is 5.32 Å². The number of carbonyl (C=O) groups is 2. The normalized spacial score (nSPS) is 17.9. The standard InChI is InChI=1S/C29H34F3N3O4/c1-2-38-27(36)16-17-33-28(37)23-10-8-20(9-11-23)19-35-26(22-6-4-3-5-7-22)18-25(34-35)21-12-14-24(15-13-21)39-29(30,31)32/h8-12,14-15,18,21-22H,2-7,13,16-17,19H2,1H3,(H,33,37). The third-order valence-electron chi connectivity index (χ3n) is 7.00. The number of carbonyl (C=O) groups excluding carboxylic acids is 2. The number of allylic oxidation sites excluding steroid dienone is 3. The summed E-state index contributed by atoms with van der Waals surface area (Å²) in [6.45, 7) is 2.76. The van der Waals surface area contributed by atoms with Gasteiger partial charge in [0, 0.05) is 29.6 Å². The van der Waals surface area contributed by atoms with Gasteiger partial charge in [-0.2, -0.15) is 5.10 Å². The molecule has 4 rings (SSSR count). The molecule has 1 heterocycles. The average molecular weight is 546 g/mol. The lowest BCUT2D eigenvalue weighted by molar-refractivity contribution is -0.303. The molecule has 1 aromatic carbocycles. The Balaban J connectivity index is 1.44. The van der Waals surface area contributed by atoms with Crippen LogP contribution in [0.2, 0.25) is 0 Å². The van der Waals surface area contributed by atoms with E-state index in [1.165, 1.54) is 18.6 Å². The predicted octanol–water partition coefficient (Wildman–Crippen LogP) is 6.13. The molecule has 1 N–H and O–H groups in total. The number of benzene rings is 1. The van der Waals surface area contributed by atoms with Crippen molar-refractivity contribution in [3.8, 4) is 0 Å². The van der Waals surface area contributed by atoms with Crippen LogP contribution in [-0.2, 0) is 20.8 Å². The van der Waals surface area contributed by atoms with Crippen LogP contribution in [0.5, 0.6) is 0 Å². The highest BCUT2D eigenvalue weighted by molar-refractivity contribution is 5.94. The number of aromatic nitrogens is 2. The topological polar surface area (TPSA) is 82.5 Å². The second-order valence-electron chi connectivity index (χ2n) is 9.85. The molecule has 1 amide bonds. The Labute approximate surface area is 226 Å². The maximum atomic E-state index is 12.6. The van der Waals surface area contributed by atoms with E-state index in [-0.39, 0.29) is 36.5 Å². The molecule has 2 aromatic rings. The first-order valence-electron chi connectivity index (χ1n) is 13.5. The Kier molecular flexibility index (Phi) is 9.48. The molecule has 7 nitrogen and oxygen atoms in total. The summed E-state index contributed by atoms with van der Waals surface area (Å²) >= 11 is 0. The molecule has 0 saturated heterocycles. The van der Waals surface area contributed by atoms with Gasteiger partial charge in [-0.05, 0) is 62.1 Å². The van der Waals surface area contributed by atoms with Crippen molar-refractivity contribution in [2.24, 2.45) is 0 Å². The van der Waals surface area contributed by atoms with Crippen LogP contribution >= 0.6 is 0 Å². The lowest BCUT2D eigenvalue weighted by atomic mass is 9.86. The van der Waals surface area contributed by atoms with Crippen molar-refractivity contribution >= 4 is 11.9 Å². The van der Waals surface area contributed by atoms with E-state index in [4.69, 9.17) is 9.84 Å². The fourth-order valence-corrected chi connectivity index (χ4v) is 5.06. The Morgan fingerprint density at radius 1 is 1.13 bits per heavy atom. The lowest BCUT2D eigenvalue weighted by Crippen LogP contribution is -2.26. The first kappa shape index (κ1) is 28.4. The third-order valence-corrected chi connectivity index (χ3v) is 7.00. The summed E-state index contributed by atoms with van der Waals surface area (Å²) in [5.41, 5.74) is 3.43. The molecule has 0 spiro atoms. The minimum absolute atomic E-state index is 0.117. The van der Waals surface area contributed by atoms with Gasteiger partial charge in [0.15, 0.2) is 0 Å². The van der Waals surface area contributed by atoms with Crippen molar-refractivity contribution in [3.05, 3.63) is 76.8 Å². The van der Waals surface area contributed by atoms with E-state index in [1.54, 1.807) is 25.1 Å². The number of esters is 1. The van der Waals surface area contributed by atoms with Gasteiger partial charge in [0.05, 0.1) is 25.3 Å². The first-order valence-corrected chi connectivity index (χ1v) is 13.5. The Morgan fingerprint density at radius 3 is 2.51 bits per heavy atom. The number of amides is 1. The lowest BCUT2D eigenvalue weighted by Gasteiger charge is -2.22. The Morgan fingerprint density at radius 2 is 1.87 bits per heavy atom. The SMILES string of the molecule is CCOC(=O)CCNC(=O)c1ccc(Cn2nc(C3C=CC(OC(F)(F)F)=CC3)cc2C2CCCCC2)cc1. The molecule has 10 heteroatoms. The molecule has 210 valence electrons. The van der Waals surface area contributed by atoms with E-state index in [0.29, 0.717) is 31.1 Å². The molecule has 0 bridgehead atoms. The van der Waals surface area contributed by atoms with Gasteiger partial charge in [-0.25, -0.2) is 0 Å².